The zero-order valence-electron chi connectivity index (χ0n) is 11.8. The molecule has 1 saturated heterocycles. The lowest BCUT2D eigenvalue weighted by Crippen LogP contribution is -2.50. The molecule has 1 heterocycles. The average Bonchev–Trinajstić information content (AvgIpc) is 2.41. The first-order valence-corrected chi connectivity index (χ1v) is 6.27. The third-order valence-corrected chi connectivity index (χ3v) is 3.43. The second-order valence-electron chi connectivity index (χ2n) is 6.44. The summed E-state index contributed by atoms with van der Waals surface area (Å²) in [4.78, 5) is 2.60. The summed E-state index contributed by atoms with van der Waals surface area (Å²) in [6, 6.07) is 0.601. The Labute approximate surface area is 101 Å². The maximum absolute atomic E-state index is 5.07. The molecule has 0 aromatic heterocycles. The summed E-state index contributed by atoms with van der Waals surface area (Å²) in [5.74, 6) is 0. The molecular formula is C13H28N2O. The Morgan fingerprint density at radius 1 is 1.38 bits per heavy atom. The van der Waals surface area contributed by atoms with Gasteiger partial charge in [-0.3, -0.25) is 4.90 Å². The molecule has 0 radical (unpaired) electrons. The fourth-order valence-electron chi connectivity index (χ4n) is 2.93. The Bertz CT molecular complexity index is 220. The standard InChI is InChI=1S/C13H28N2O/c1-12(2,3)15-10-11(9-13(15,4)5)14-7-8-16-6/h11,14H,7-10H2,1-6H3/t11-/m0/s1. The van der Waals surface area contributed by atoms with E-state index < -0.39 is 0 Å². The van der Waals surface area contributed by atoms with Gasteiger partial charge in [-0.25, -0.2) is 0 Å². The van der Waals surface area contributed by atoms with Gasteiger partial charge in [0.15, 0.2) is 0 Å². The van der Waals surface area contributed by atoms with E-state index in [2.05, 4.69) is 44.8 Å². The van der Waals surface area contributed by atoms with Crippen LogP contribution in [0.4, 0.5) is 0 Å². The SMILES string of the molecule is COCCN[C@@H]1CN(C(C)(C)C)C(C)(C)C1. The van der Waals surface area contributed by atoms with Crippen LogP contribution in [0.15, 0.2) is 0 Å². The molecule has 0 saturated carbocycles. The number of nitrogens with one attached hydrogen (secondary N) is 1. The van der Waals surface area contributed by atoms with Crippen LogP contribution in [0, 0.1) is 0 Å². The Balaban J connectivity index is 2.51. The van der Waals surface area contributed by atoms with Gasteiger partial charge < -0.3 is 10.1 Å². The predicted octanol–water partition coefficient (Wildman–Crippen LogP) is 1.87. The highest BCUT2D eigenvalue weighted by molar-refractivity contribution is 5.00. The van der Waals surface area contributed by atoms with Gasteiger partial charge in [0.25, 0.3) is 0 Å². The molecule has 1 aliphatic rings. The van der Waals surface area contributed by atoms with Crippen molar-refractivity contribution < 1.29 is 4.74 Å². The van der Waals surface area contributed by atoms with E-state index in [1.165, 1.54) is 6.42 Å². The number of hydrogen-bond donors (Lipinski definition) is 1. The van der Waals surface area contributed by atoms with Gasteiger partial charge in [0, 0.05) is 37.3 Å². The number of ether oxygens (including phenoxy) is 1. The molecule has 3 heteroatoms. The molecule has 0 unspecified atom stereocenters. The second kappa shape index (κ2) is 5.03. The van der Waals surface area contributed by atoms with E-state index in [1.807, 2.05) is 0 Å². The van der Waals surface area contributed by atoms with Gasteiger partial charge in [-0.2, -0.15) is 0 Å². The molecule has 0 bridgehead atoms. The highest BCUT2D eigenvalue weighted by atomic mass is 16.5. The van der Waals surface area contributed by atoms with Crippen LogP contribution in [0.3, 0.4) is 0 Å². The fourth-order valence-corrected chi connectivity index (χ4v) is 2.93. The summed E-state index contributed by atoms with van der Waals surface area (Å²) < 4.78 is 5.07. The summed E-state index contributed by atoms with van der Waals surface area (Å²) in [6.07, 6.45) is 1.22. The first-order chi connectivity index (χ1) is 7.27. The van der Waals surface area contributed by atoms with Gasteiger partial charge in [0.1, 0.15) is 0 Å². The molecule has 1 fully saturated rings. The minimum Gasteiger partial charge on any atom is -0.383 e. The van der Waals surface area contributed by atoms with Crippen molar-refractivity contribution in [3.63, 3.8) is 0 Å². The van der Waals surface area contributed by atoms with Gasteiger partial charge >= 0.3 is 0 Å². The summed E-state index contributed by atoms with van der Waals surface area (Å²) in [7, 11) is 1.75. The van der Waals surface area contributed by atoms with Crippen molar-refractivity contribution >= 4 is 0 Å². The largest absolute Gasteiger partial charge is 0.383 e. The highest BCUT2D eigenvalue weighted by Gasteiger charge is 2.43. The molecule has 1 atom stereocenters. The molecule has 16 heavy (non-hydrogen) atoms. The monoisotopic (exact) mass is 228 g/mol. The fraction of sp³-hybridized carbons (Fsp3) is 1.00. The van der Waals surface area contributed by atoms with E-state index in [4.69, 9.17) is 4.74 Å². The number of rotatable bonds is 4. The first kappa shape index (κ1) is 13.9. The average molecular weight is 228 g/mol. The lowest BCUT2D eigenvalue weighted by molar-refractivity contribution is 0.0674. The molecular weight excluding hydrogens is 200 g/mol. The van der Waals surface area contributed by atoms with Crippen molar-refractivity contribution in [3.05, 3.63) is 0 Å². The van der Waals surface area contributed by atoms with E-state index in [-0.39, 0.29) is 5.54 Å². The maximum atomic E-state index is 5.07. The van der Waals surface area contributed by atoms with Crippen LogP contribution in [0.5, 0.6) is 0 Å². The van der Waals surface area contributed by atoms with E-state index in [0.717, 1.165) is 19.7 Å². The predicted molar refractivity (Wildman–Crippen MR) is 68.8 cm³/mol. The van der Waals surface area contributed by atoms with Gasteiger partial charge in [0.2, 0.25) is 0 Å². The number of methoxy groups -OCH3 is 1. The quantitative estimate of drug-likeness (QED) is 0.744. The lowest BCUT2D eigenvalue weighted by atomic mass is 9.95. The number of likely N-dealkylation sites (tertiary alicyclic amines) is 1. The van der Waals surface area contributed by atoms with Crippen LogP contribution < -0.4 is 5.32 Å². The van der Waals surface area contributed by atoms with Gasteiger partial charge in [0.05, 0.1) is 6.61 Å². The van der Waals surface area contributed by atoms with Crippen LogP contribution in [0.25, 0.3) is 0 Å². The van der Waals surface area contributed by atoms with E-state index in [0.29, 0.717) is 11.6 Å². The molecule has 0 amide bonds. The summed E-state index contributed by atoms with van der Waals surface area (Å²) in [6.45, 7) is 14.5. The van der Waals surface area contributed by atoms with Crippen molar-refractivity contribution in [2.75, 3.05) is 26.8 Å². The summed E-state index contributed by atoms with van der Waals surface area (Å²) in [5.41, 5.74) is 0.546. The van der Waals surface area contributed by atoms with E-state index in [1.54, 1.807) is 7.11 Å². The Morgan fingerprint density at radius 2 is 2.00 bits per heavy atom. The molecule has 0 aromatic rings. The lowest BCUT2D eigenvalue weighted by Gasteiger charge is -2.42. The van der Waals surface area contributed by atoms with Crippen LogP contribution in [0.1, 0.15) is 41.0 Å². The Hall–Kier alpha value is -0.120. The Kier molecular flexibility index (Phi) is 4.38. The van der Waals surface area contributed by atoms with Crippen molar-refractivity contribution in [2.24, 2.45) is 0 Å². The van der Waals surface area contributed by atoms with Gasteiger partial charge in [-0.05, 0) is 41.0 Å². The zero-order chi connectivity index (χ0) is 12.4. The maximum Gasteiger partial charge on any atom is 0.0587 e. The second-order valence-corrected chi connectivity index (χ2v) is 6.44. The van der Waals surface area contributed by atoms with E-state index in [9.17, 15) is 0 Å². The van der Waals surface area contributed by atoms with Crippen molar-refractivity contribution in [1.82, 2.24) is 10.2 Å². The summed E-state index contributed by atoms with van der Waals surface area (Å²) in [5, 5.41) is 3.57. The van der Waals surface area contributed by atoms with Gasteiger partial charge in [-0.1, -0.05) is 0 Å². The van der Waals surface area contributed by atoms with E-state index >= 15 is 0 Å². The smallest absolute Gasteiger partial charge is 0.0587 e. The summed E-state index contributed by atoms with van der Waals surface area (Å²) >= 11 is 0. The molecule has 1 N–H and O–H groups in total. The topological polar surface area (TPSA) is 24.5 Å². The molecule has 0 aromatic carbocycles. The minimum absolute atomic E-state index is 0.251. The van der Waals surface area contributed by atoms with Crippen LogP contribution >= 0.6 is 0 Å². The first-order valence-electron chi connectivity index (χ1n) is 6.27. The minimum atomic E-state index is 0.251. The van der Waals surface area contributed by atoms with Gasteiger partial charge in [-0.15, -0.1) is 0 Å². The third-order valence-electron chi connectivity index (χ3n) is 3.43. The molecule has 1 aliphatic heterocycles. The molecule has 96 valence electrons. The number of nitrogens with zero attached hydrogens (tertiary/aromatic N) is 1. The van der Waals surface area contributed by atoms with Crippen molar-refractivity contribution in [1.29, 1.82) is 0 Å². The molecule has 0 spiro atoms. The van der Waals surface area contributed by atoms with Crippen LogP contribution in [-0.4, -0.2) is 48.8 Å². The Morgan fingerprint density at radius 3 is 2.44 bits per heavy atom. The number of hydrogen-bond acceptors (Lipinski definition) is 3. The zero-order valence-corrected chi connectivity index (χ0v) is 11.8. The van der Waals surface area contributed by atoms with Crippen LogP contribution in [0.2, 0.25) is 0 Å². The normalized spacial score (nSPS) is 26.2. The van der Waals surface area contributed by atoms with Crippen molar-refractivity contribution in [3.8, 4) is 0 Å². The van der Waals surface area contributed by atoms with Crippen LogP contribution in [-0.2, 0) is 4.74 Å². The molecule has 0 aliphatic carbocycles. The molecule has 1 rings (SSSR count). The third kappa shape index (κ3) is 3.44. The molecule has 3 nitrogen and oxygen atoms in total. The van der Waals surface area contributed by atoms with Crippen molar-refractivity contribution in [2.45, 2.75) is 58.2 Å². The highest BCUT2D eigenvalue weighted by Crippen LogP contribution is 2.34.